The molecule has 264 valence electrons. The van der Waals surface area contributed by atoms with Crippen LogP contribution in [-0.2, 0) is 28.4 Å². The normalized spacial score (nSPS) is 54.6. The van der Waals surface area contributed by atoms with Crippen molar-refractivity contribution in [1.29, 1.82) is 0 Å². The molecule has 0 aromatic rings. The number of hydrogen-bond acceptors (Lipinski definition) is 21. The number of hydrogen-bond donors (Lipinski definition) is 15. The first-order valence-corrected chi connectivity index (χ1v) is 14.1. The zero-order valence-electron chi connectivity index (χ0n) is 23.4. The maximum Gasteiger partial charge on any atom is 0.189 e. The summed E-state index contributed by atoms with van der Waals surface area (Å²) in [6.07, 6.45) is -38.2. The van der Waals surface area contributed by atoms with E-state index in [2.05, 4.69) is 0 Å². The van der Waals surface area contributed by atoms with Gasteiger partial charge in [-0.3, -0.25) is 0 Å². The van der Waals surface area contributed by atoms with Gasteiger partial charge in [0, 0.05) is 0 Å². The molecule has 3 heterocycles. The molecule has 0 amide bonds. The van der Waals surface area contributed by atoms with Gasteiger partial charge in [-0.05, 0) is 0 Å². The van der Waals surface area contributed by atoms with Gasteiger partial charge in [-0.2, -0.15) is 0 Å². The van der Waals surface area contributed by atoms with Crippen LogP contribution in [-0.4, -0.2) is 225 Å². The molecule has 15 N–H and O–H groups in total. The van der Waals surface area contributed by atoms with Crippen LogP contribution in [0.1, 0.15) is 0 Å². The second kappa shape index (κ2) is 15.1. The molecule has 0 aromatic carbocycles. The summed E-state index contributed by atoms with van der Waals surface area (Å²) in [7, 11) is 0. The van der Waals surface area contributed by atoms with Crippen LogP contribution < -0.4 is 0 Å². The molecule has 1 aliphatic carbocycles. The van der Waals surface area contributed by atoms with E-state index in [1.165, 1.54) is 0 Å². The first kappa shape index (κ1) is 37.0. The highest BCUT2D eigenvalue weighted by molar-refractivity contribution is 5.01. The molecule has 21 nitrogen and oxygen atoms in total. The van der Waals surface area contributed by atoms with Crippen molar-refractivity contribution in [3.05, 3.63) is 0 Å². The van der Waals surface area contributed by atoms with Crippen LogP contribution in [0.4, 0.5) is 0 Å². The number of aliphatic hydroxyl groups is 15. The van der Waals surface area contributed by atoms with Gasteiger partial charge >= 0.3 is 0 Å². The maximum atomic E-state index is 10.4. The maximum absolute atomic E-state index is 10.4. The molecule has 0 radical (unpaired) electrons. The summed E-state index contributed by atoms with van der Waals surface area (Å²) in [5.74, 6) is 0. The third-order valence-corrected chi connectivity index (χ3v) is 8.40. The molecule has 45 heavy (non-hydrogen) atoms. The first-order chi connectivity index (χ1) is 21.1. The quantitative estimate of drug-likeness (QED) is 0.109. The van der Waals surface area contributed by atoms with E-state index in [9.17, 15) is 76.6 Å². The van der Waals surface area contributed by atoms with Crippen LogP contribution in [0.2, 0.25) is 0 Å². The summed E-state index contributed by atoms with van der Waals surface area (Å²) in [6.45, 7) is -2.10. The highest BCUT2D eigenvalue weighted by atomic mass is 16.8. The summed E-state index contributed by atoms with van der Waals surface area (Å²) in [6, 6.07) is 0. The van der Waals surface area contributed by atoms with Crippen molar-refractivity contribution in [2.24, 2.45) is 0 Å². The number of aliphatic hydroxyl groups excluding tert-OH is 15. The van der Waals surface area contributed by atoms with E-state index < -0.39 is 149 Å². The van der Waals surface area contributed by atoms with Gasteiger partial charge in [-0.1, -0.05) is 0 Å². The van der Waals surface area contributed by atoms with Crippen molar-refractivity contribution in [3.8, 4) is 0 Å². The van der Waals surface area contributed by atoms with Crippen molar-refractivity contribution in [1.82, 2.24) is 0 Å². The fourth-order valence-corrected chi connectivity index (χ4v) is 5.47. The molecule has 11 unspecified atom stereocenters. The highest BCUT2D eigenvalue weighted by Gasteiger charge is 2.53. The summed E-state index contributed by atoms with van der Waals surface area (Å²) in [5.41, 5.74) is 0. The van der Waals surface area contributed by atoms with Crippen LogP contribution in [0, 0.1) is 0 Å². The van der Waals surface area contributed by atoms with Gasteiger partial charge in [0.15, 0.2) is 18.9 Å². The van der Waals surface area contributed by atoms with Gasteiger partial charge in [0.2, 0.25) is 0 Å². The Morgan fingerprint density at radius 2 is 0.711 bits per heavy atom. The first-order valence-electron chi connectivity index (χ1n) is 14.1. The van der Waals surface area contributed by atoms with Crippen molar-refractivity contribution in [2.75, 3.05) is 19.8 Å². The van der Waals surface area contributed by atoms with Crippen LogP contribution in [0.25, 0.3) is 0 Å². The van der Waals surface area contributed by atoms with Crippen LogP contribution in [0.15, 0.2) is 0 Å². The Morgan fingerprint density at radius 1 is 0.356 bits per heavy atom. The third kappa shape index (κ3) is 7.44. The summed E-state index contributed by atoms with van der Waals surface area (Å²) < 4.78 is 32.1. The van der Waals surface area contributed by atoms with E-state index in [0.29, 0.717) is 0 Å². The Kier molecular flexibility index (Phi) is 12.5. The van der Waals surface area contributed by atoms with Crippen molar-refractivity contribution in [3.63, 3.8) is 0 Å². The van der Waals surface area contributed by atoms with Crippen LogP contribution in [0.3, 0.4) is 0 Å². The number of rotatable bonds is 9. The van der Waals surface area contributed by atoms with E-state index in [-0.39, 0.29) is 0 Å². The van der Waals surface area contributed by atoms with E-state index >= 15 is 0 Å². The minimum atomic E-state index is -2.01. The molecule has 3 aliphatic heterocycles. The SMILES string of the molecule is OCC1O[C@H](COC2O[C@H](OCC3O[C@@H](OC4C(O)C(O)C(O)C(O)[C@@H]4O)C(O)[C@H](O)[C@H]3O)C(O)[C@H](O)[C@H]2O)C(O)[C@H](O)[C@H]1O. The predicted molar refractivity (Wildman–Crippen MR) is 134 cm³/mol. The Labute approximate surface area is 254 Å². The fraction of sp³-hybridized carbons (Fsp3) is 1.00. The van der Waals surface area contributed by atoms with Gasteiger partial charge in [-0.15, -0.1) is 0 Å². The van der Waals surface area contributed by atoms with Crippen molar-refractivity contribution in [2.45, 2.75) is 129 Å². The molecular weight excluding hydrogens is 624 g/mol. The summed E-state index contributed by atoms with van der Waals surface area (Å²) in [4.78, 5) is 0. The van der Waals surface area contributed by atoms with Gasteiger partial charge in [-0.25, -0.2) is 0 Å². The molecule has 1 saturated carbocycles. The van der Waals surface area contributed by atoms with E-state index in [0.717, 1.165) is 0 Å². The summed E-state index contributed by atoms with van der Waals surface area (Å²) in [5, 5.41) is 152. The monoisotopic (exact) mass is 666 g/mol. The molecule has 4 rings (SSSR count). The Hall–Kier alpha value is -0.840. The zero-order chi connectivity index (χ0) is 33.5. The topological polar surface area (TPSA) is 359 Å². The second-order valence-electron chi connectivity index (χ2n) is 11.4. The van der Waals surface area contributed by atoms with Crippen LogP contribution >= 0.6 is 0 Å². The third-order valence-electron chi connectivity index (χ3n) is 8.40. The minimum Gasteiger partial charge on any atom is -0.394 e. The van der Waals surface area contributed by atoms with Crippen LogP contribution in [0.5, 0.6) is 0 Å². The second-order valence-corrected chi connectivity index (χ2v) is 11.4. The standard InChI is InChI=1S/C24H42O21/c25-1-4-7(26)10(29)8(27)5(42-4)2-40-22-18(37)15(34)19(38)23(45-22)41-3-6-9(28)11(30)20(39)24(43-6)44-21-16(35)13(32)12(31)14(33)17(21)36/h4-39H,1-3H2/t4?,5-,6?,7+,8?,9+,10-,11-,12?,13?,14?,15-,16+,17?,18-,19?,20?,21?,22?,23+,24+/m1/s1. The highest BCUT2D eigenvalue weighted by Crippen LogP contribution is 2.31. The molecule has 21 atom stereocenters. The Morgan fingerprint density at radius 3 is 1.20 bits per heavy atom. The average molecular weight is 667 g/mol. The molecule has 0 spiro atoms. The largest absolute Gasteiger partial charge is 0.394 e. The van der Waals surface area contributed by atoms with Gasteiger partial charge in [0.1, 0.15) is 110 Å². The van der Waals surface area contributed by atoms with Gasteiger partial charge < -0.3 is 105 Å². The minimum absolute atomic E-state index is 0.619. The smallest absolute Gasteiger partial charge is 0.189 e. The van der Waals surface area contributed by atoms with E-state index in [4.69, 9.17) is 28.4 Å². The van der Waals surface area contributed by atoms with Crippen molar-refractivity contribution >= 4 is 0 Å². The molecule has 0 bridgehead atoms. The van der Waals surface area contributed by atoms with Gasteiger partial charge in [0.05, 0.1) is 19.8 Å². The Bertz CT molecular complexity index is 915. The molecule has 4 fully saturated rings. The zero-order valence-corrected chi connectivity index (χ0v) is 23.4. The number of ether oxygens (including phenoxy) is 6. The molecule has 0 aromatic heterocycles. The molecule has 3 saturated heterocycles. The van der Waals surface area contributed by atoms with Gasteiger partial charge in [0.25, 0.3) is 0 Å². The lowest BCUT2D eigenvalue weighted by Gasteiger charge is -2.46. The molecule has 21 heteroatoms. The fourth-order valence-electron chi connectivity index (χ4n) is 5.47. The van der Waals surface area contributed by atoms with E-state index in [1.54, 1.807) is 0 Å². The molecule has 4 aliphatic rings. The predicted octanol–water partition coefficient (Wildman–Crippen LogP) is -10.4. The Balaban J connectivity index is 1.38. The summed E-state index contributed by atoms with van der Waals surface area (Å²) >= 11 is 0. The lowest BCUT2D eigenvalue weighted by Crippen LogP contribution is -2.67. The average Bonchev–Trinajstić information content (AvgIpc) is 3.03. The molecular formula is C24H42O21. The van der Waals surface area contributed by atoms with E-state index in [1.807, 2.05) is 0 Å². The van der Waals surface area contributed by atoms with Crippen molar-refractivity contribution < 1.29 is 105 Å². The lowest BCUT2D eigenvalue weighted by atomic mass is 9.84. The lowest BCUT2D eigenvalue weighted by molar-refractivity contribution is -0.370.